The highest BCUT2D eigenvalue weighted by Gasteiger charge is 2.44. The second-order valence-corrected chi connectivity index (χ2v) is 5.83. The van der Waals surface area contributed by atoms with Crippen molar-refractivity contribution in [3.63, 3.8) is 0 Å². The molecule has 8 heteroatoms. The molecule has 0 bridgehead atoms. The van der Waals surface area contributed by atoms with Crippen LogP contribution in [0.25, 0.3) is 11.2 Å². The first-order valence-corrected chi connectivity index (χ1v) is 7.44. The number of piperidine rings is 1. The Balaban J connectivity index is 1.58. The Labute approximate surface area is 122 Å². The van der Waals surface area contributed by atoms with Gasteiger partial charge in [-0.1, -0.05) is 5.21 Å². The SMILES string of the molecule is CCn1nnc2c(N3CCC(C4(C)N=N4)CC3)ncnc21. The van der Waals surface area contributed by atoms with E-state index in [-0.39, 0.29) is 5.66 Å². The number of aryl methyl sites for hydroxylation is 1. The van der Waals surface area contributed by atoms with Crippen molar-refractivity contribution in [1.82, 2.24) is 25.0 Å². The summed E-state index contributed by atoms with van der Waals surface area (Å²) >= 11 is 0. The van der Waals surface area contributed by atoms with Crippen molar-refractivity contribution in [2.75, 3.05) is 18.0 Å². The minimum atomic E-state index is -0.113. The third-order valence-corrected chi connectivity index (χ3v) is 4.56. The maximum absolute atomic E-state index is 4.43. The fourth-order valence-electron chi connectivity index (χ4n) is 3.10. The summed E-state index contributed by atoms with van der Waals surface area (Å²) in [6, 6.07) is 0. The molecule has 0 spiro atoms. The van der Waals surface area contributed by atoms with Crippen LogP contribution in [-0.4, -0.2) is 43.7 Å². The molecule has 0 aliphatic carbocycles. The van der Waals surface area contributed by atoms with Gasteiger partial charge in [0.1, 0.15) is 6.33 Å². The summed E-state index contributed by atoms with van der Waals surface area (Å²) in [5, 5.41) is 16.7. The number of rotatable bonds is 3. The minimum Gasteiger partial charge on any atom is -0.355 e. The molecule has 0 radical (unpaired) electrons. The summed E-state index contributed by atoms with van der Waals surface area (Å²) in [5.41, 5.74) is 1.49. The number of hydrogen-bond donors (Lipinski definition) is 0. The molecule has 110 valence electrons. The minimum absolute atomic E-state index is 0.113. The standard InChI is InChI=1S/C13H18N8/c1-3-21-12-10(16-19-21)11(14-8-15-12)20-6-4-9(5-7-20)13(2)17-18-13/h8-9H,3-7H2,1-2H3. The molecule has 21 heavy (non-hydrogen) atoms. The van der Waals surface area contributed by atoms with Gasteiger partial charge in [0.05, 0.1) is 0 Å². The van der Waals surface area contributed by atoms with Gasteiger partial charge in [0, 0.05) is 25.6 Å². The molecule has 4 rings (SSSR count). The van der Waals surface area contributed by atoms with Crippen molar-refractivity contribution in [2.45, 2.75) is 38.9 Å². The number of anilines is 1. The van der Waals surface area contributed by atoms with E-state index in [2.05, 4.69) is 42.3 Å². The first-order chi connectivity index (χ1) is 10.2. The van der Waals surface area contributed by atoms with Crippen LogP contribution in [0.2, 0.25) is 0 Å². The van der Waals surface area contributed by atoms with Crippen molar-refractivity contribution < 1.29 is 0 Å². The van der Waals surface area contributed by atoms with Crippen LogP contribution in [-0.2, 0) is 6.54 Å². The second kappa shape index (κ2) is 4.44. The van der Waals surface area contributed by atoms with E-state index in [0.717, 1.165) is 49.5 Å². The van der Waals surface area contributed by atoms with E-state index < -0.39 is 0 Å². The molecule has 0 N–H and O–H groups in total. The van der Waals surface area contributed by atoms with Gasteiger partial charge in [-0.05, 0) is 26.7 Å². The summed E-state index contributed by atoms with van der Waals surface area (Å²) in [6.07, 6.45) is 3.76. The highest BCUT2D eigenvalue weighted by molar-refractivity contribution is 5.82. The molecule has 2 aliphatic heterocycles. The summed E-state index contributed by atoms with van der Waals surface area (Å²) < 4.78 is 1.80. The number of nitrogens with zero attached hydrogens (tertiary/aromatic N) is 8. The van der Waals surface area contributed by atoms with Gasteiger partial charge >= 0.3 is 0 Å². The maximum Gasteiger partial charge on any atom is 0.191 e. The van der Waals surface area contributed by atoms with Gasteiger partial charge < -0.3 is 4.90 Å². The van der Waals surface area contributed by atoms with Crippen LogP contribution in [0.5, 0.6) is 0 Å². The smallest absolute Gasteiger partial charge is 0.191 e. The Morgan fingerprint density at radius 1 is 1.24 bits per heavy atom. The molecule has 0 amide bonds. The zero-order chi connectivity index (χ0) is 14.4. The van der Waals surface area contributed by atoms with Crippen LogP contribution >= 0.6 is 0 Å². The maximum atomic E-state index is 4.43. The lowest BCUT2D eigenvalue weighted by Crippen LogP contribution is -2.38. The molecular formula is C13H18N8. The second-order valence-electron chi connectivity index (χ2n) is 5.83. The lowest BCUT2D eigenvalue weighted by Gasteiger charge is -2.33. The van der Waals surface area contributed by atoms with E-state index in [1.165, 1.54) is 0 Å². The van der Waals surface area contributed by atoms with Crippen LogP contribution in [0.15, 0.2) is 16.6 Å². The van der Waals surface area contributed by atoms with Gasteiger partial charge in [0.15, 0.2) is 22.6 Å². The van der Waals surface area contributed by atoms with Crippen LogP contribution in [0.4, 0.5) is 5.82 Å². The third kappa shape index (κ3) is 1.97. The van der Waals surface area contributed by atoms with Gasteiger partial charge in [0.25, 0.3) is 0 Å². The molecule has 0 atom stereocenters. The summed E-state index contributed by atoms with van der Waals surface area (Å²) in [5.74, 6) is 1.45. The van der Waals surface area contributed by atoms with E-state index in [1.807, 2.05) is 6.92 Å². The molecule has 0 unspecified atom stereocenters. The van der Waals surface area contributed by atoms with Gasteiger partial charge in [-0.3, -0.25) is 0 Å². The van der Waals surface area contributed by atoms with E-state index >= 15 is 0 Å². The zero-order valence-corrected chi connectivity index (χ0v) is 12.3. The monoisotopic (exact) mass is 286 g/mol. The van der Waals surface area contributed by atoms with Crippen molar-refractivity contribution >= 4 is 17.0 Å². The van der Waals surface area contributed by atoms with Crippen LogP contribution in [0.3, 0.4) is 0 Å². The van der Waals surface area contributed by atoms with E-state index in [0.29, 0.717) is 5.92 Å². The van der Waals surface area contributed by atoms with Crippen molar-refractivity contribution in [3.05, 3.63) is 6.33 Å². The number of aromatic nitrogens is 5. The predicted octanol–water partition coefficient (Wildman–Crippen LogP) is 1.64. The Bertz CT molecular complexity index is 691. The molecule has 0 aromatic carbocycles. The normalized spacial score (nSPS) is 21.1. The lowest BCUT2D eigenvalue weighted by atomic mass is 9.88. The fourth-order valence-corrected chi connectivity index (χ4v) is 3.10. The molecular weight excluding hydrogens is 268 g/mol. The van der Waals surface area contributed by atoms with Crippen molar-refractivity contribution in [1.29, 1.82) is 0 Å². The summed E-state index contributed by atoms with van der Waals surface area (Å²) in [7, 11) is 0. The molecule has 2 aromatic rings. The van der Waals surface area contributed by atoms with Crippen molar-refractivity contribution in [2.24, 2.45) is 16.1 Å². The molecule has 2 aliphatic rings. The highest BCUT2D eigenvalue weighted by atomic mass is 15.5. The molecule has 1 saturated heterocycles. The van der Waals surface area contributed by atoms with Crippen LogP contribution in [0, 0.1) is 5.92 Å². The Hall–Kier alpha value is -2.12. The lowest BCUT2D eigenvalue weighted by molar-refractivity contribution is 0.320. The average molecular weight is 286 g/mol. The van der Waals surface area contributed by atoms with Gasteiger partial charge in [-0.2, -0.15) is 10.2 Å². The first-order valence-electron chi connectivity index (χ1n) is 7.44. The van der Waals surface area contributed by atoms with Gasteiger partial charge in [-0.15, -0.1) is 5.10 Å². The van der Waals surface area contributed by atoms with Gasteiger partial charge in [0.2, 0.25) is 0 Å². The van der Waals surface area contributed by atoms with Crippen LogP contribution in [0.1, 0.15) is 26.7 Å². The van der Waals surface area contributed by atoms with Gasteiger partial charge in [-0.25, -0.2) is 14.6 Å². The quantitative estimate of drug-likeness (QED) is 0.856. The summed E-state index contributed by atoms with van der Waals surface area (Å²) in [4.78, 5) is 11.0. The Morgan fingerprint density at radius 3 is 2.67 bits per heavy atom. The zero-order valence-electron chi connectivity index (χ0n) is 12.3. The third-order valence-electron chi connectivity index (χ3n) is 4.56. The molecule has 0 saturated carbocycles. The summed E-state index contributed by atoms with van der Waals surface area (Å²) in [6.45, 7) is 6.82. The number of fused-ring (bicyclic) bond motifs is 1. The van der Waals surface area contributed by atoms with E-state index in [1.54, 1.807) is 11.0 Å². The largest absolute Gasteiger partial charge is 0.355 e. The molecule has 1 fully saturated rings. The molecule has 8 nitrogen and oxygen atoms in total. The van der Waals surface area contributed by atoms with E-state index in [4.69, 9.17) is 0 Å². The topological polar surface area (TPSA) is 84.5 Å². The van der Waals surface area contributed by atoms with Crippen LogP contribution < -0.4 is 4.90 Å². The average Bonchev–Trinajstić information content (AvgIpc) is 3.14. The number of hydrogen-bond acceptors (Lipinski definition) is 7. The van der Waals surface area contributed by atoms with E-state index in [9.17, 15) is 0 Å². The highest BCUT2D eigenvalue weighted by Crippen LogP contribution is 2.41. The van der Waals surface area contributed by atoms with Crippen molar-refractivity contribution in [3.8, 4) is 0 Å². The first kappa shape index (κ1) is 12.6. The molecule has 2 aromatic heterocycles. The predicted molar refractivity (Wildman–Crippen MR) is 77.0 cm³/mol. The molecule has 4 heterocycles. The fraction of sp³-hybridized carbons (Fsp3) is 0.692. The Morgan fingerprint density at radius 2 is 2.00 bits per heavy atom. The Kier molecular flexibility index (Phi) is 2.66.